The van der Waals surface area contributed by atoms with Crippen molar-refractivity contribution in [2.24, 2.45) is 11.8 Å². The number of aromatic nitrogens is 2. The van der Waals surface area contributed by atoms with Gasteiger partial charge in [-0.1, -0.05) is 20.3 Å². The van der Waals surface area contributed by atoms with Crippen LogP contribution in [0.3, 0.4) is 0 Å². The summed E-state index contributed by atoms with van der Waals surface area (Å²) in [6.45, 7) is 5.38. The van der Waals surface area contributed by atoms with Crippen LogP contribution in [0.4, 0.5) is 5.82 Å². The number of fused-ring (bicyclic) bond motifs is 2. The van der Waals surface area contributed by atoms with Gasteiger partial charge in [0, 0.05) is 12.5 Å². The Balaban J connectivity index is 1.90. The molecule has 3 unspecified atom stereocenters. The molecule has 1 heterocycles. The van der Waals surface area contributed by atoms with E-state index in [-0.39, 0.29) is 0 Å². The number of hydrogen-bond acceptors (Lipinski definition) is 3. The van der Waals surface area contributed by atoms with Crippen molar-refractivity contribution in [3.8, 4) is 0 Å². The summed E-state index contributed by atoms with van der Waals surface area (Å²) >= 11 is 2.40. The van der Waals surface area contributed by atoms with Crippen LogP contribution in [0.2, 0.25) is 0 Å². The summed E-state index contributed by atoms with van der Waals surface area (Å²) in [5, 5.41) is 3.49. The van der Waals surface area contributed by atoms with E-state index in [0.29, 0.717) is 5.92 Å². The first-order valence-corrected chi connectivity index (χ1v) is 9.10. The van der Waals surface area contributed by atoms with E-state index in [4.69, 9.17) is 9.97 Å². The molecule has 1 N–H and O–H groups in total. The molecule has 2 aliphatic rings. The fraction of sp³-hybridized carbons (Fsp3) is 0.750. The fourth-order valence-electron chi connectivity index (χ4n) is 3.83. The van der Waals surface area contributed by atoms with Crippen LogP contribution < -0.4 is 5.32 Å². The fourth-order valence-corrected chi connectivity index (χ4v) is 4.65. The van der Waals surface area contributed by atoms with E-state index in [9.17, 15) is 0 Å². The number of nitrogens with one attached hydrogen (secondary N) is 1. The lowest BCUT2D eigenvalue weighted by molar-refractivity contribution is 0.404. The summed E-state index contributed by atoms with van der Waals surface area (Å²) in [5.41, 5.74) is 1.22. The Kier molecular flexibility index (Phi) is 4.48. The van der Waals surface area contributed by atoms with Gasteiger partial charge in [-0.25, -0.2) is 9.97 Å². The molecule has 0 saturated heterocycles. The summed E-state index contributed by atoms with van der Waals surface area (Å²) in [7, 11) is 0. The molecule has 0 amide bonds. The normalized spacial score (nSPS) is 28.1. The van der Waals surface area contributed by atoms with Crippen LogP contribution in [-0.4, -0.2) is 16.5 Å². The molecular formula is C16H24IN3. The standard InChI is InChI=1S/C16H24IN3/c1-3-7-18-16-14(17)13(4-2)19-15(20-16)12-9-10-5-6-11(12)8-10/h10-12H,3-9H2,1-2H3,(H,18,19,20). The molecule has 2 fully saturated rings. The van der Waals surface area contributed by atoms with Crippen molar-refractivity contribution in [1.82, 2.24) is 9.97 Å². The van der Waals surface area contributed by atoms with Crippen molar-refractivity contribution in [2.45, 2.75) is 58.3 Å². The number of anilines is 1. The molecule has 0 aromatic carbocycles. The van der Waals surface area contributed by atoms with Crippen LogP contribution >= 0.6 is 22.6 Å². The zero-order chi connectivity index (χ0) is 14.1. The van der Waals surface area contributed by atoms with E-state index in [1.807, 2.05) is 0 Å². The molecule has 2 saturated carbocycles. The molecule has 3 atom stereocenters. The molecule has 2 bridgehead atoms. The van der Waals surface area contributed by atoms with Crippen molar-refractivity contribution in [1.29, 1.82) is 0 Å². The lowest BCUT2D eigenvalue weighted by Gasteiger charge is -2.22. The van der Waals surface area contributed by atoms with Gasteiger partial charge in [0.05, 0.1) is 9.26 Å². The number of rotatable bonds is 5. The molecule has 20 heavy (non-hydrogen) atoms. The smallest absolute Gasteiger partial charge is 0.143 e. The van der Waals surface area contributed by atoms with E-state index in [2.05, 4.69) is 41.8 Å². The molecular weight excluding hydrogens is 361 g/mol. The average Bonchev–Trinajstić information content (AvgIpc) is 3.09. The highest BCUT2D eigenvalue weighted by Gasteiger charge is 2.41. The molecule has 4 heteroatoms. The Morgan fingerprint density at radius 3 is 2.65 bits per heavy atom. The summed E-state index contributed by atoms with van der Waals surface area (Å²) < 4.78 is 1.21. The van der Waals surface area contributed by atoms with Gasteiger partial charge in [0.2, 0.25) is 0 Å². The lowest BCUT2D eigenvalue weighted by atomic mass is 9.88. The highest BCUT2D eigenvalue weighted by atomic mass is 127. The van der Waals surface area contributed by atoms with E-state index in [1.54, 1.807) is 0 Å². The van der Waals surface area contributed by atoms with Gasteiger partial charge in [-0.05, 0) is 66.5 Å². The molecule has 1 aromatic rings. The monoisotopic (exact) mass is 385 g/mol. The van der Waals surface area contributed by atoms with Crippen molar-refractivity contribution in [3.05, 3.63) is 15.1 Å². The van der Waals surface area contributed by atoms with Gasteiger partial charge in [0.25, 0.3) is 0 Å². The predicted octanol–water partition coefficient (Wildman–Crippen LogP) is 4.37. The third-order valence-electron chi connectivity index (χ3n) is 4.88. The number of nitrogens with zero attached hydrogens (tertiary/aromatic N) is 2. The average molecular weight is 385 g/mol. The Labute approximate surface area is 135 Å². The SMILES string of the molecule is CCCNc1nc(C2CC3CCC2C3)nc(CC)c1I. The molecule has 3 nitrogen and oxygen atoms in total. The minimum Gasteiger partial charge on any atom is -0.369 e. The van der Waals surface area contributed by atoms with Crippen molar-refractivity contribution in [2.75, 3.05) is 11.9 Å². The highest BCUT2D eigenvalue weighted by Crippen LogP contribution is 2.52. The molecule has 0 aliphatic heterocycles. The maximum atomic E-state index is 4.90. The Bertz CT molecular complexity index is 489. The topological polar surface area (TPSA) is 37.8 Å². The number of aryl methyl sites for hydroxylation is 1. The van der Waals surface area contributed by atoms with Gasteiger partial charge in [-0.2, -0.15) is 0 Å². The third kappa shape index (κ3) is 2.68. The second kappa shape index (κ2) is 6.16. The van der Waals surface area contributed by atoms with Gasteiger partial charge < -0.3 is 5.32 Å². The maximum Gasteiger partial charge on any atom is 0.143 e. The molecule has 3 rings (SSSR count). The summed E-state index contributed by atoms with van der Waals surface area (Å²) in [6, 6.07) is 0. The number of halogens is 1. The molecule has 110 valence electrons. The van der Waals surface area contributed by atoms with Gasteiger partial charge in [0.15, 0.2) is 0 Å². The second-order valence-corrected chi connectivity index (χ2v) is 7.33. The van der Waals surface area contributed by atoms with E-state index in [1.165, 1.54) is 34.9 Å². The Morgan fingerprint density at radius 1 is 1.20 bits per heavy atom. The van der Waals surface area contributed by atoms with Gasteiger partial charge in [-0.3, -0.25) is 0 Å². The first-order chi connectivity index (χ1) is 9.72. The summed E-state index contributed by atoms with van der Waals surface area (Å²) in [4.78, 5) is 9.79. The molecule has 1 aromatic heterocycles. The van der Waals surface area contributed by atoms with Crippen LogP contribution in [0.5, 0.6) is 0 Å². The van der Waals surface area contributed by atoms with Crippen LogP contribution in [0.25, 0.3) is 0 Å². The first-order valence-electron chi connectivity index (χ1n) is 8.03. The van der Waals surface area contributed by atoms with Gasteiger partial charge in [0.1, 0.15) is 11.6 Å². The number of hydrogen-bond donors (Lipinski definition) is 1. The Hall–Kier alpha value is -0.390. The summed E-state index contributed by atoms with van der Waals surface area (Å²) in [5.74, 6) is 4.61. The van der Waals surface area contributed by atoms with Crippen LogP contribution in [-0.2, 0) is 6.42 Å². The van der Waals surface area contributed by atoms with Crippen LogP contribution in [0.1, 0.15) is 63.4 Å². The molecule has 2 aliphatic carbocycles. The zero-order valence-corrected chi connectivity index (χ0v) is 14.6. The molecule has 0 radical (unpaired) electrons. The highest BCUT2D eigenvalue weighted by molar-refractivity contribution is 14.1. The molecule has 0 spiro atoms. The quantitative estimate of drug-likeness (QED) is 0.765. The lowest BCUT2D eigenvalue weighted by Crippen LogP contribution is -2.16. The van der Waals surface area contributed by atoms with Gasteiger partial charge >= 0.3 is 0 Å². The Morgan fingerprint density at radius 2 is 2.05 bits per heavy atom. The van der Waals surface area contributed by atoms with E-state index in [0.717, 1.165) is 42.9 Å². The first kappa shape index (κ1) is 14.5. The van der Waals surface area contributed by atoms with E-state index < -0.39 is 0 Å². The van der Waals surface area contributed by atoms with Crippen molar-refractivity contribution in [3.63, 3.8) is 0 Å². The van der Waals surface area contributed by atoms with Gasteiger partial charge in [-0.15, -0.1) is 0 Å². The third-order valence-corrected chi connectivity index (χ3v) is 6.02. The maximum absolute atomic E-state index is 4.90. The minimum atomic E-state index is 0.623. The van der Waals surface area contributed by atoms with Crippen LogP contribution in [0, 0.1) is 15.4 Å². The van der Waals surface area contributed by atoms with Crippen LogP contribution in [0.15, 0.2) is 0 Å². The zero-order valence-electron chi connectivity index (χ0n) is 12.5. The van der Waals surface area contributed by atoms with Crippen molar-refractivity contribution >= 4 is 28.4 Å². The second-order valence-electron chi connectivity index (χ2n) is 6.25. The summed E-state index contributed by atoms with van der Waals surface area (Å²) in [6.07, 6.45) is 7.69. The largest absolute Gasteiger partial charge is 0.369 e. The predicted molar refractivity (Wildman–Crippen MR) is 91.1 cm³/mol. The van der Waals surface area contributed by atoms with E-state index >= 15 is 0 Å². The minimum absolute atomic E-state index is 0.623. The van der Waals surface area contributed by atoms with Crippen molar-refractivity contribution < 1.29 is 0 Å².